The lowest BCUT2D eigenvalue weighted by Gasteiger charge is -2.37. The highest BCUT2D eigenvalue weighted by atomic mass is 35.5. The molecule has 0 aliphatic heterocycles. The Labute approximate surface area is 175 Å². The normalized spacial score (nSPS) is 20.2. The van der Waals surface area contributed by atoms with Crippen molar-refractivity contribution in [3.05, 3.63) is 35.4 Å². The fourth-order valence-electron chi connectivity index (χ4n) is 3.61. The lowest BCUT2D eigenvalue weighted by molar-refractivity contribution is -0.143. The van der Waals surface area contributed by atoms with Crippen molar-refractivity contribution in [3.8, 4) is 0 Å². The summed E-state index contributed by atoms with van der Waals surface area (Å²) in [7, 11) is 0. The molecule has 0 unspecified atom stereocenters. The third-order valence-electron chi connectivity index (χ3n) is 5.72. The third-order valence-corrected chi connectivity index (χ3v) is 5.72. The summed E-state index contributed by atoms with van der Waals surface area (Å²) in [6.07, 6.45) is 4.98. The number of rotatable bonds is 6. The maximum absolute atomic E-state index is 12.2. The largest absolute Gasteiger partial charge is 0.480 e. The number of nitrogens with one attached hydrogen (secondary N) is 2. The Morgan fingerprint density at radius 2 is 1.54 bits per heavy atom. The van der Waals surface area contributed by atoms with Gasteiger partial charge in [0.25, 0.3) is 5.91 Å². The Kier molecular flexibility index (Phi) is 8.51. The molecule has 1 fully saturated rings. The predicted molar refractivity (Wildman–Crippen MR) is 115 cm³/mol. The van der Waals surface area contributed by atoms with Gasteiger partial charge in [0.15, 0.2) is 0 Å². The highest BCUT2D eigenvalue weighted by Crippen LogP contribution is 2.37. The molecule has 1 amide bonds. The minimum atomic E-state index is -1.29. The number of carboxylic acids is 1. The van der Waals surface area contributed by atoms with Crippen molar-refractivity contribution in [1.82, 2.24) is 10.6 Å². The molecule has 1 aromatic rings. The Morgan fingerprint density at radius 1 is 1.00 bits per heavy atom. The standard InChI is InChI=1S/C22H34N2O3.ClH/c1-21(2,3)17-10-12-18(13-11-17)23-14-15-6-8-16(9-7-15)19(25)24-22(4,5)20(26)27;/h6-9,17-18,23H,10-14H2,1-5H3,(H,24,25)(H,26,27);1H. The van der Waals surface area contributed by atoms with Crippen LogP contribution in [0.15, 0.2) is 24.3 Å². The lowest BCUT2D eigenvalue weighted by atomic mass is 9.71. The van der Waals surface area contributed by atoms with Gasteiger partial charge in [-0.05, 0) is 68.6 Å². The van der Waals surface area contributed by atoms with Crippen molar-refractivity contribution in [2.45, 2.75) is 78.4 Å². The molecule has 0 aromatic heterocycles. The van der Waals surface area contributed by atoms with Crippen molar-refractivity contribution in [2.24, 2.45) is 11.3 Å². The number of amides is 1. The molecule has 1 aliphatic carbocycles. The molecule has 0 heterocycles. The molecule has 6 heteroatoms. The highest BCUT2D eigenvalue weighted by Gasteiger charge is 2.30. The van der Waals surface area contributed by atoms with Gasteiger partial charge in [0.05, 0.1) is 0 Å². The lowest BCUT2D eigenvalue weighted by Crippen LogP contribution is -2.49. The van der Waals surface area contributed by atoms with Crippen molar-refractivity contribution in [1.29, 1.82) is 0 Å². The van der Waals surface area contributed by atoms with Crippen molar-refractivity contribution in [3.63, 3.8) is 0 Å². The second kappa shape index (κ2) is 9.75. The van der Waals surface area contributed by atoms with E-state index in [1.807, 2.05) is 12.1 Å². The van der Waals surface area contributed by atoms with Gasteiger partial charge in [-0.25, -0.2) is 4.79 Å². The Balaban J connectivity index is 0.00000392. The van der Waals surface area contributed by atoms with Crippen LogP contribution in [-0.4, -0.2) is 28.6 Å². The smallest absolute Gasteiger partial charge is 0.328 e. The first kappa shape index (κ1) is 24.4. The number of benzene rings is 1. The van der Waals surface area contributed by atoms with Crippen LogP contribution in [0.2, 0.25) is 0 Å². The first-order chi connectivity index (χ1) is 12.5. The molecule has 0 bridgehead atoms. The van der Waals surface area contributed by atoms with Gasteiger partial charge in [-0.2, -0.15) is 0 Å². The predicted octanol–water partition coefficient (Wildman–Crippen LogP) is 4.40. The molecule has 1 aliphatic rings. The Morgan fingerprint density at radius 3 is 2.00 bits per heavy atom. The van der Waals surface area contributed by atoms with Crippen LogP contribution in [0.25, 0.3) is 0 Å². The summed E-state index contributed by atoms with van der Waals surface area (Å²) in [5.41, 5.74) is 0.709. The van der Waals surface area contributed by atoms with Crippen LogP contribution in [0.5, 0.6) is 0 Å². The average molecular weight is 411 g/mol. The summed E-state index contributed by atoms with van der Waals surface area (Å²) in [6, 6.07) is 7.91. The van der Waals surface area contributed by atoms with Crippen LogP contribution in [0.4, 0.5) is 0 Å². The third kappa shape index (κ3) is 6.78. The van der Waals surface area contributed by atoms with Crippen LogP contribution < -0.4 is 10.6 Å². The number of carbonyl (C=O) groups excluding carboxylic acids is 1. The molecular weight excluding hydrogens is 376 g/mol. The first-order valence-electron chi connectivity index (χ1n) is 9.87. The Bertz CT molecular complexity index is 657. The van der Waals surface area contributed by atoms with E-state index in [4.69, 9.17) is 5.11 Å². The van der Waals surface area contributed by atoms with Crippen LogP contribution in [0, 0.1) is 11.3 Å². The van der Waals surface area contributed by atoms with Gasteiger partial charge < -0.3 is 15.7 Å². The zero-order valence-corrected chi connectivity index (χ0v) is 18.5. The number of carbonyl (C=O) groups is 2. The topological polar surface area (TPSA) is 78.4 Å². The summed E-state index contributed by atoms with van der Waals surface area (Å²) < 4.78 is 0. The van der Waals surface area contributed by atoms with Gasteiger partial charge in [-0.15, -0.1) is 12.4 Å². The molecule has 5 nitrogen and oxygen atoms in total. The summed E-state index contributed by atoms with van der Waals surface area (Å²) in [4.78, 5) is 23.3. The number of aliphatic carboxylic acids is 1. The highest BCUT2D eigenvalue weighted by molar-refractivity contribution is 5.97. The van der Waals surface area contributed by atoms with Gasteiger partial charge in [0, 0.05) is 18.2 Å². The zero-order valence-electron chi connectivity index (χ0n) is 17.7. The van der Waals surface area contributed by atoms with Crippen LogP contribution in [0.3, 0.4) is 0 Å². The molecule has 158 valence electrons. The van der Waals surface area contributed by atoms with Gasteiger partial charge in [0.2, 0.25) is 0 Å². The van der Waals surface area contributed by atoms with E-state index in [9.17, 15) is 9.59 Å². The maximum Gasteiger partial charge on any atom is 0.328 e. The van der Waals surface area contributed by atoms with Crippen molar-refractivity contribution in [2.75, 3.05) is 0 Å². The molecule has 1 aromatic carbocycles. The van der Waals surface area contributed by atoms with Gasteiger partial charge in [-0.3, -0.25) is 4.79 Å². The van der Waals surface area contributed by atoms with E-state index in [2.05, 4.69) is 31.4 Å². The van der Waals surface area contributed by atoms with E-state index in [0.717, 1.165) is 18.0 Å². The van der Waals surface area contributed by atoms with Gasteiger partial charge in [-0.1, -0.05) is 32.9 Å². The molecule has 28 heavy (non-hydrogen) atoms. The molecular formula is C22H35ClN2O3. The number of hydrogen-bond acceptors (Lipinski definition) is 3. The molecule has 2 rings (SSSR count). The monoisotopic (exact) mass is 410 g/mol. The molecule has 1 saturated carbocycles. The zero-order chi connectivity index (χ0) is 20.2. The van der Waals surface area contributed by atoms with Crippen LogP contribution >= 0.6 is 12.4 Å². The number of hydrogen-bond donors (Lipinski definition) is 3. The molecule has 0 saturated heterocycles. The summed E-state index contributed by atoms with van der Waals surface area (Å²) in [5, 5.41) is 15.3. The van der Waals surface area contributed by atoms with E-state index >= 15 is 0 Å². The SMILES string of the molecule is CC(C)(NC(=O)c1ccc(CNC2CCC(C(C)(C)C)CC2)cc1)C(=O)O.Cl. The summed E-state index contributed by atoms with van der Waals surface area (Å²) >= 11 is 0. The van der Waals surface area contributed by atoms with Crippen LogP contribution in [0.1, 0.15) is 76.2 Å². The second-order valence-electron chi connectivity index (χ2n) is 9.38. The van der Waals surface area contributed by atoms with E-state index in [1.165, 1.54) is 39.5 Å². The fourth-order valence-corrected chi connectivity index (χ4v) is 3.61. The molecule has 0 atom stereocenters. The second-order valence-corrected chi connectivity index (χ2v) is 9.38. The molecule has 3 N–H and O–H groups in total. The minimum Gasteiger partial charge on any atom is -0.480 e. The van der Waals surface area contributed by atoms with Gasteiger partial charge >= 0.3 is 5.97 Å². The van der Waals surface area contributed by atoms with Gasteiger partial charge in [0.1, 0.15) is 5.54 Å². The van der Waals surface area contributed by atoms with E-state index in [-0.39, 0.29) is 18.3 Å². The van der Waals surface area contributed by atoms with Crippen molar-refractivity contribution < 1.29 is 14.7 Å². The first-order valence-corrected chi connectivity index (χ1v) is 9.87. The number of halogens is 1. The van der Waals surface area contributed by atoms with E-state index in [0.29, 0.717) is 17.0 Å². The van der Waals surface area contributed by atoms with Crippen LogP contribution in [-0.2, 0) is 11.3 Å². The fraction of sp³-hybridized carbons (Fsp3) is 0.636. The minimum absolute atomic E-state index is 0. The van der Waals surface area contributed by atoms with E-state index < -0.39 is 11.5 Å². The molecule has 0 radical (unpaired) electrons. The Hall–Kier alpha value is -1.59. The summed E-state index contributed by atoms with van der Waals surface area (Å²) in [5.74, 6) is -0.622. The average Bonchev–Trinajstić information content (AvgIpc) is 2.59. The number of carboxylic acid groups (broad SMARTS) is 1. The quantitative estimate of drug-likeness (QED) is 0.649. The molecule has 0 spiro atoms. The van der Waals surface area contributed by atoms with E-state index in [1.54, 1.807) is 12.1 Å². The summed E-state index contributed by atoms with van der Waals surface area (Å²) in [6.45, 7) is 10.7. The van der Waals surface area contributed by atoms with Crippen molar-refractivity contribution >= 4 is 24.3 Å². The maximum atomic E-state index is 12.2.